The molecule has 0 aliphatic carbocycles. The summed E-state index contributed by atoms with van der Waals surface area (Å²) < 4.78 is 36.7. The molecule has 0 amide bonds. The van der Waals surface area contributed by atoms with Gasteiger partial charge in [-0.1, -0.05) is 0 Å². The summed E-state index contributed by atoms with van der Waals surface area (Å²) >= 11 is 0. The Hall–Kier alpha value is -0.910. The number of aryl methyl sites for hydroxylation is 1. The van der Waals surface area contributed by atoms with Crippen molar-refractivity contribution in [3.8, 4) is 0 Å². The van der Waals surface area contributed by atoms with Crippen LogP contribution >= 0.6 is 12.4 Å². The predicted molar refractivity (Wildman–Crippen MR) is 39.9 cm³/mol. The standard InChI is InChI=1S/C5H6F3N3.ClH/c1-11-4(5(6,7)8)3(9)2-10-11;/h2H,9H2,1H3;1H. The van der Waals surface area contributed by atoms with E-state index in [-0.39, 0.29) is 18.1 Å². The lowest BCUT2D eigenvalue weighted by Crippen LogP contribution is -2.13. The van der Waals surface area contributed by atoms with E-state index >= 15 is 0 Å². The third-order valence-corrected chi connectivity index (χ3v) is 1.24. The first-order valence-corrected chi connectivity index (χ1v) is 2.77. The molecule has 0 fully saturated rings. The van der Waals surface area contributed by atoms with Crippen LogP contribution in [0.3, 0.4) is 0 Å². The molecule has 0 radical (unpaired) electrons. The fraction of sp³-hybridized carbons (Fsp3) is 0.400. The lowest BCUT2D eigenvalue weighted by Gasteiger charge is -2.06. The summed E-state index contributed by atoms with van der Waals surface area (Å²) in [5.41, 5.74) is 3.77. The van der Waals surface area contributed by atoms with Crippen molar-refractivity contribution in [1.82, 2.24) is 9.78 Å². The maximum absolute atomic E-state index is 12.0. The van der Waals surface area contributed by atoms with Crippen molar-refractivity contribution in [3.05, 3.63) is 11.9 Å². The lowest BCUT2D eigenvalue weighted by atomic mass is 10.4. The number of halogens is 4. The van der Waals surface area contributed by atoms with E-state index in [0.29, 0.717) is 4.68 Å². The summed E-state index contributed by atoms with van der Waals surface area (Å²) in [6, 6.07) is 0. The average molecular weight is 202 g/mol. The van der Waals surface area contributed by atoms with Crippen LogP contribution in [0.25, 0.3) is 0 Å². The Morgan fingerprint density at radius 3 is 2.17 bits per heavy atom. The van der Waals surface area contributed by atoms with Crippen LogP contribution in [0.4, 0.5) is 18.9 Å². The van der Waals surface area contributed by atoms with E-state index in [1.807, 2.05) is 0 Å². The van der Waals surface area contributed by atoms with E-state index in [4.69, 9.17) is 5.73 Å². The highest BCUT2D eigenvalue weighted by atomic mass is 35.5. The summed E-state index contributed by atoms with van der Waals surface area (Å²) in [6.45, 7) is 0. The number of aromatic nitrogens is 2. The molecular weight excluding hydrogens is 195 g/mol. The monoisotopic (exact) mass is 201 g/mol. The Bertz CT molecular complexity index is 248. The second-order valence-electron chi connectivity index (χ2n) is 2.07. The molecule has 7 heteroatoms. The van der Waals surface area contributed by atoms with Crippen LogP contribution in [-0.4, -0.2) is 9.78 Å². The largest absolute Gasteiger partial charge is 0.435 e. The van der Waals surface area contributed by atoms with Gasteiger partial charge in [0.1, 0.15) is 0 Å². The second kappa shape index (κ2) is 3.22. The molecule has 0 saturated carbocycles. The molecule has 3 nitrogen and oxygen atoms in total. The van der Waals surface area contributed by atoms with Gasteiger partial charge in [-0.05, 0) is 0 Å². The fourth-order valence-electron chi connectivity index (χ4n) is 0.802. The number of nitrogens with two attached hydrogens (primary N) is 1. The van der Waals surface area contributed by atoms with Gasteiger partial charge in [-0.3, -0.25) is 4.68 Å². The van der Waals surface area contributed by atoms with Gasteiger partial charge in [0.2, 0.25) is 0 Å². The molecule has 1 aromatic rings. The minimum absolute atomic E-state index is 0. The quantitative estimate of drug-likeness (QED) is 0.690. The van der Waals surface area contributed by atoms with E-state index in [2.05, 4.69) is 5.10 Å². The van der Waals surface area contributed by atoms with E-state index in [9.17, 15) is 13.2 Å². The molecule has 0 aromatic carbocycles. The van der Waals surface area contributed by atoms with Crippen molar-refractivity contribution in [2.45, 2.75) is 6.18 Å². The summed E-state index contributed by atoms with van der Waals surface area (Å²) in [5.74, 6) is 0. The fourth-order valence-corrected chi connectivity index (χ4v) is 0.802. The Kier molecular flexibility index (Phi) is 2.98. The van der Waals surface area contributed by atoms with Crippen LogP contribution in [0, 0.1) is 0 Å². The van der Waals surface area contributed by atoms with Gasteiger partial charge in [0.15, 0.2) is 5.69 Å². The third-order valence-electron chi connectivity index (χ3n) is 1.24. The van der Waals surface area contributed by atoms with Crippen LogP contribution in [0.15, 0.2) is 6.20 Å². The third kappa shape index (κ3) is 1.82. The van der Waals surface area contributed by atoms with E-state index < -0.39 is 11.9 Å². The van der Waals surface area contributed by atoms with Gasteiger partial charge in [0.05, 0.1) is 11.9 Å². The molecule has 1 heterocycles. The van der Waals surface area contributed by atoms with Crippen LogP contribution in [0.5, 0.6) is 0 Å². The average Bonchev–Trinajstić information content (AvgIpc) is 2.08. The highest BCUT2D eigenvalue weighted by Gasteiger charge is 2.36. The molecule has 1 aromatic heterocycles. The lowest BCUT2D eigenvalue weighted by molar-refractivity contribution is -0.143. The summed E-state index contributed by atoms with van der Waals surface area (Å²) in [4.78, 5) is 0. The zero-order valence-corrected chi connectivity index (χ0v) is 6.91. The Labute approximate surface area is 72.8 Å². The van der Waals surface area contributed by atoms with E-state index in [1.54, 1.807) is 0 Å². The van der Waals surface area contributed by atoms with Gasteiger partial charge in [-0.15, -0.1) is 12.4 Å². The molecule has 0 aliphatic heterocycles. The Balaban J connectivity index is 0.00000121. The van der Waals surface area contributed by atoms with Crippen LogP contribution in [0.1, 0.15) is 5.69 Å². The van der Waals surface area contributed by atoms with Gasteiger partial charge in [-0.2, -0.15) is 18.3 Å². The number of nitrogen functional groups attached to an aromatic ring is 1. The first kappa shape index (κ1) is 11.1. The highest BCUT2D eigenvalue weighted by Crippen LogP contribution is 2.32. The molecular formula is C5H7ClF3N3. The molecule has 0 bridgehead atoms. The van der Waals surface area contributed by atoms with Gasteiger partial charge >= 0.3 is 6.18 Å². The van der Waals surface area contributed by atoms with Crippen molar-refractivity contribution in [1.29, 1.82) is 0 Å². The maximum Gasteiger partial charge on any atom is 0.435 e. The molecule has 0 unspecified atom stereocenters. The number of hydrogen-bond acceptors (Lipinski definition) is 2. The highest BCUT2D eigenvalue weighted by molar-refractivity contribution is 5.85. The van der Waals surface area contributed by atoms with Gasteiger partial charge in [-0.25, -0.2) is 0 Å². The molecule has 0 atom stereocenters. The number of rotatable bonds is 0. The number of nitrogens with zero attached hydrogens (tertiary/aromatic N) is 2. The molecule has 12 heavy (non-hydrogen) atoms. The second-order valence-corrected chi connectivity index (χ2v) is 2.07. The van der Waals surface area contributed by atoms with Gasteiger partial charge in [0, 0.05) is 7.05 Å². The minimum atomic E-state index is -4.42. The van der Waals surface area contributed by atoms with E-state index in [1.165, 1.54) is 7.05 Å². The van der Waals surface area contributed by atoms with Crippen molar-refractivity contribution >= 4 is 18.1 Å². The van der Waals surface area contributed by atoms with Crippen molar-refractivity contribution in [3.63, 3.8) is 0 Å². The topological polar surface area (TPSA) is 43.8 Å². The molecule has 0 aliphatic rings. The number of hydrogen-bond donors (Lipinski definition) is 1. The van der Waals surface area contributed by atoms with Crippen LogP contribution in [-0.2, 0) is 13.2 Å². The van der Waals surface area contributed by atoms with Crippen molar-refractivity contribution < 1.29 is 13.2 Å². The minimum Gasteiger partial charge on any atom is -0.396 e. The summed E-state index contributed by atoms with van der Waals surface area (Å²) in [7, 11) is 1.19. The first-order valence-electron chi connectivity index (χ1n) is 2.77. The zero-order chi connectivity index (χ0) is 8.65. The smallest absolute Gasteiger partial charge is 0.396 e. The molecule has 1 rings (SSSR count). The molecule has 0 spiro atoms. The van der Waals surface area contributed by atoms with E-state index in [0.717, 1.165) is 6.20 Å². The maximum atomic E-state index is 12.0. The van der Waals surface area contributed by atoms with Gasteiger partial charge < -0.3 is 5.73 Å². The Morgan fingerprint density at radius 1 is 1.50 bits per heavy atom. The van der Waals surface area contributed by atoms with Crippen molar-refractivity contribution in [2.24, 2.45) is 7.05 Å². The predicted octanol–water partition coefficient (Wildman–Crippen LogP) is 1.44. The van der Waals surface area contributed by atoms with Crippen molar-refractivity contribution in [2.75, 3.05) is 5.73 Å². The molecule has 70 valence electrons. The Morgan fingerprint density at radius 2 is 2.00 bits per heavy atom. The summed E-state index contributed by atoms with van der Waals surface area (Å²) in [6.07, 6.45) is -3.45. The SMILES string of the molecule is Cl.Cn1ncc(N)c1C(F)(F)F. The van der Waals surface area contributed by atoms with Gasteiger partial charge in [0.25, 0.3) is 0 Å². The number of anilines is 1. The van der Waals surface area contributed by atoms with Crippen LogP contribution in [0.2, 0.25) is 0 Å². The number of alkyl halides is 3. The first-order chi connectivity index (χ1) is 4.93. The summed E-state index contributed by atoms with van der Waals surface area (Å²) in [5, 5.41) is 3.35. The molecule has 0 saturated heterocycles. The normalized spacial score (nSPS) is 11.0. The van der Waals surface area contributed by atoms with Crippen LogP contribution < -0.4 is 5.73 Å². The molecule has 2 N–H and O–H groups in total. The zero-order valence-electron chi connectivity index (χ0n) is 6.09.